The Morgan fingerprint density at radius 3 is 2.11 bits per heavy atom. The van der Waals surface area contributed by atoms with Gasteiger partial charge < -0.3 is 5.11 Å². The Balaban J connectivity index is 2.08. The number of hydrogen-bond donors (Lipinski definition) is 1. The molecule has 0 spiro atoms. The molecule has 0 bridgehead atoms. The largest absolute Gasteiger partial charge is 0.388 e. The van der Waals surface area contributed by atoms with E-state index in [9.17, 15) is 5.11 Å². The SMILES string of the molecule is CCCCCCCCCCC(O)c1cc(C)sc1C. The van der Waals surface area contributed by atoms with Crippen molar-refractivity contribution >= 4 is 11.3 Å². The fraction of sp³-hybridized carbons (Fsp3) is 0.765. The summed E-state index contributed by atoms with van der Waals surface area (Å²) in [6.45, 7) is 6.49. The van der Waals surface area contributed by atoms with Crippen LogP contribution >= 0.6 is 11.3 Å². The van der Waals surface area contributed by atoms with Gasteiger partial charge in [-0.3, -0.25) is 0 Å². The van der Waals surface area contributed by atoms with Crippen molar-refractivity contribution in [2.45, 2.75) is 84.7 Å². The van der Waals surface area contributed by atoms with Crippen molar-refractivity contribution in [1.82, 2.24) is 0 Å². The molecule has 1 nitrogen and oxygen atoms in total. The highest BCUT2D eigenvalue weighted by Crippen LogP contribution is 2.29. The van der Waals surface area contributed by atoms with E-state index in [1.54, 1.807) is 11.3 Å². The van der Waals surface area contributed by atoms with E-state index in [1.165, 1.54) is 54.7 Å². The van der Waals surface area contributed by atoms with Gasteiger partial charge in [0.2, 0.25) is 0 Å². The third kappa shape index (κ3) is 6.58. The highest BCUT2D eigenvalue weighted by molar-refractivity contribution is 7.12. The van der Waals surface area contributed by atoms with E-state index in [0.29, 0.717) is 0 Å². The van der Waals surface area contributed by atoms with E-state index >= 15 is 0 Å². The van der Waals surface area contributed by atoms with Crippen molar-refractivity contribution in [1.29, 1.82) is 0 Å². The molecule has 0 aromatic carbocycles. The van der Waals surface area contributed by atoms with Gasteiger partial charge in [0.25, 0.3) is 0 Å². The maximum Gasteiger partial charge on any atom is 0.0800 e. The van der Waals surface area contributed by atoms with Crippen LogP contribution in [0.25, 0.3) is 0 Å². The van der Waals surface area contributed by atoms with Gasteiger partial charge in [-0.2, -0.15) is 0 Å². The zero-order chi connectivity index (χ0) is 14.1. The molecule has 19 heavy (non-hydrogen) atoms. The molecule has 0 aliphatic rings. The van der Waals surface area contributed by atoms with Gasteiger partial charge in [-0.05, 0) is 31.9 Å². The van der Waals surface area contributed by atoms with Crippen LogP contribution in [0.2, 0.25) is 0 Å². The number of aliphatic hydroxyl groups excluding tert-OH is 1. The Hall–Kier alpha value is -0.340. The Kier molecular flexibility index (Phi) is 8.40. The number of rotatable bonds is 10. The van der Waals surface area contributed by atoms with Gasteiger partial charge in [0, 0.05) is 9.75 Å². The predicted octanol–water partition coefficient (Wildman–Crippen LogP) is 5.93. The Labute approximate surface area is 123 Å². The van der Waals surface area contributed by atoms with Crippen LogP contribution in [-0.2, 0) is 0 Å². The first-order valence-electron chi connectivity index (χ1n) is 7.90. The Bertz CT molecular complexity index is 343. The van der Waals surface area contributed by atoms with Crippen LogP contribution in [0, 0.1) is 13.8 Å². The molecular weight excluding hydrogens is 252 g/mol. The summed E-state index contributed by atoms with van der Waals surface area (Å²) in [4.78, 5) is 2.59. The van der Waals surface area contributed by atoms with E-state index in [2.05, 4.69) is 26.8 Å². The van der Waals surface area contributed by atoms with Crippen molar-refractivity contribution in [3.8, 4) is 0 Å². The second kappa shape index (κ2) is 9.55. The standard InChI is InChI=1S/C17H30OS/c1-4-5-6-7-8-9-10-11-12-17(18)16-13-14(2)19-15(16)3/h13,17-18H,4-12H2,1-3H3. The molecule has 1 aromatic heterocycles. The zero-order valence-electron chi connectivity index (χ0n) is 12.9. The fourth-order valence-electron chi connectivity index (χ4n) is 2.61. The summed E-state index contributed by atoms with van der Waals surface area (Å²) in [6, 6.07) is 2.15. The van der Waals surface area contributed by atoms with Crippen LogP contribution < -0.4 is 0 Å². The summed E-state index contributed by atoms with van der Waals surface area (Å²) in [6.07, 6.45) is 11.3. The van der Waals surface area contributed by atoms with E-state index in [4.69, 9.17) is 0 Å². The number of aryl methyl sites for hydroxylation is 2. The minimum atomic E-state index is -0.245. The maximum absolute atomic E-state index is 10.2. The average Bonchev–Trinajstić information content (AvgIpc) is 2.71. The molecule has 2 heteroatoms. The molecule has 0 amide bonds. The Morgan fingerprint density at radius 2 is 1.58 bits per heavy atom. The summed E-state index contributed by atoms with van der Waals surface area (Å²) in [7, 11) is 0. The van der Waals surface area contributed by atoms with Gasteiger partial charge in [0.15, 0.2) is 0 Å². The first-order chi connectivity index (χ1) is 9.15. The van der Waals surface area contributed by atoms with Crippen LogP contribution in [0.1, 0.15) is 86.1 Å². The topological polar surface area (TPSA) is 20.2 Å². The molecular formula is C17H30OS. The molecule has 0 aliphatic carbocycles. The lowest BCUT2D eigenvalue weighted by Gasteiger charge is -2.10. The molecule has 1 heterocycles. The van der Waals surface area contributed by atoms with Gasteiger partial charge in [0.1, 0.15) is 0 Å². The van der Waals surface area contributed by atoms with Crippen LogP contribution in [0.5, 0.6) is 0 Å². The van der Waals surface area contributed by atoms with Crippen molar-refractivity contribution in [3.63, 3.8) is 0 Å². The van der Waals surface area contributed by atoms with Crippen molar-refractivity contribution in [2.75, 3.05) is 0 Å². The molecule has 1 atom stereocenters. The summed E-state index contributed by atoms with van der Waals surface area (Å²) < 4.78 is 0. The van der Waals surface area contributed by atoms with Gasteiger partial charge in [-0.15, -0.1) is 11.3 Å². The molecule has 110 valence electrons. The molecule has 0 saturated carbocycles. The summed E-state index contributed by atoms with van der Waals surface area (Å²) in [5, 5.41) is 10.2. The highest BCUT2D eigenvalue weighted by Gasteiger charge is 2.12. The quantitative estimate of drug-likeness (QED) is 0.527. The van der Waals surface area contributed by atoms with Crippen LogP contribution in [0.3, 0.4) is 0 Å². The molecule has 1 aromatic rings. The monoisotopic (exact) mass is 282 g/mol. The third-order valence-electron chi connectivity index (χ3n) is 3.77. The number of aliphatic hydroxyl groups is 1. The van der Waals surface area contributed by atoms with E-state index in [-0.39, 0.29) is 6.10 Å². The van der Waals surface area contributed by atoms with Crippen molar-refractivity contribution in [2.24, 2.45) is 0 Å². The summed E-state index contributed by atoms with van der Waals surface area (Å²) in [5.41, 5.74) is 1.16. The predicted molar refractivity (Wildman–Crippen MR) is 86.0 cm³/mol. The third-order valence-corrected chi connectivity index (χ3v) is 4.75. The highest BCUT2D eigenvalue weighted by atomic mass is 32.1. The van der Waals surface area contributed by atoms with Crippen LogP contribution in [0.4, 0.5) is 0 Å². The second-order valence-electron chi connectivity index (χ2n) is 5.65. The molecule has 0 aliphatic heterocycles. The first-order valence-corrected chi connectivity index (χ1v) is 8.71. The molecule has 1 unspecified atom stereocenters. The molecule has 0 saturated heterocycles. The first kappa shape index (κ1) is 16.7. The van der Waals surface area contributed by atoms with Crippen LogP contribution in [0.15, 0.2) is 6.07 Å². The van der Waals surface area contributed by atoms with Crippen molar-refractivity contribution < 1.29 is 5.11 Å². The second-order valence-corrected chi connectivity index (χ2v) is 7.11. The van der Waals surface area contributed by atoms with Gasteiger partial charge in [0.05, 0.1) is 6.10 Å². The summed E-state index contributed by atoms with van der Waals surface area (Å²) >= 11 is 1.79. The lowest BCUT2D eigenvalue weighted by Crippen LogP contribution is -1.97. The van der Waals surface area contributed by atoms with Gasteiger partial charge in [-0.25, -0.2) is 0 Å². The van der Waals surface area contributed by atoms with Gasteiger partial charge >= 0.3 is 0 Å². The Morgan fingerprint density at radius 1 is 1.00 bits per heavy atom. The average molecular weight is 282 g/mol. The zero-order valence-corrected chi connectivity index (χ0v) is 13.7. The minimum absolute atomic E-state index is 0.245. The number of thiophene rings is 1. The molecule has 0 fully saturated rings. The number of hydrogen-bond acceptors (Lipinski definition) is 2. The molecule has 1 rings (SSSR count). The van der Waals surface area contributed by atoms with E-state index < -0.39 is 0 Å². The van der Waals surface area contributed by atoms with Crippen LogP contribution in [-0.4, -0.2) is 5.11 Å². The lowest BCUT2D eigenvalue weighted by atomic mass is 10.0. The number of unbranched alkanes of at least 4 members (excludes halogenated alkanes) is 7. The lowest BCUT2D eigenvalue weighted by molar-refractivity contribution is 0.163. The molecule has 1 N–H and O–H groups in total. The van der Waals surface area contributed by atoms with Crippen molar-refractivity contribution in [3.05, 3.63) is 21.4 Å². The van der Waals surface area contributed by atoms with E-state index in [1.807, 2.05) is 0 Å². The minimum Gasteiger partial charge on any atom is -0.388 e. The summed E-state index contributed by atoms with van der Waals surface area (Å²) in [5.74, 6) is 0. The fourth-order valence-corrected chi connectivity index (χ4v) is 3.59. The maximum atomic E-state index is 10.2. The smallest absolute Gasteiger partial charge is 0.0800 e. The normalized spacial score (nSPS) is 12.8. The van der Waals surface area contributed by atoms with E-state index in [0.717, 1.165) is 18.4 Å². The van der Waals surface area contributed by atoms with Gasteiger partial charge in [-0.1, -0.05) is 58.3 Å². The molecule has 0 radical (unpaired) electrons.